The highest BCUT2D eigenvalue weighted by atomic mass is 32.2. The summed E-state index contributed by atoms with van der Waals surface area (Å²) in [6.45, 7) is 2.84. The number of nitrogens with one attached hydrogen (secondary N) is 1. The van der Waals surface area contributed by atoms with Crippen molar-refractivity contribution >= 4 is 16.0 Å². The van der Waals surface area contributed by atoms with Gasteiger partial charge in [-0.25, -0.2) is 17.9 Å². The summed E-state index contributed by atoms with van der Waals surface area (Å²) in [5, 5.41) is 8.96. The molecule has 1 aliphatic rings. The van der Waals surface area contributed by atoms with Crippen molar-refractivity contribution < 1.29 is 23.1 Å². The Kier molecular flexibility index (Phi) is 3.90. The lowest BCUT2D eigenvalue weighted by Crippen LogP contribution is -2.49. The van der Waals surface area contributed by atoms with E-state index < -0.39 is 21.5 Å². The number of carbonyl (C=O) groups is 1. The maximum Gasteiger partial charge on any atom is 0.352 e. The van der Waals surface area contributed by atoms with E-state index in [0.717, 1.165) is 6.07 Å². The maximum atomic E-state index is 12.3. The lowest BCUT2D eigenvalue weighted by Gasteiger charge is -2.33. The first-order valence-corrected chi connectivity index (χ1v) is 7.73. The summed E-state index contributed by atoms with van der Waals surface area (Å²) in [4.78, 5) is 10.9. The van der Waals surface area contributed by atoms with E-state index in [1.165, 1.54) is 17.8 Å². The molecule has 0 saturated carbocycles. The smallest absolute Gasteiger partial charge is 0.352 e. The predicted octanol–water partition coefficient (Wildman–Crippen LogP) is 0.571. The zero-order valence-corrected chi connectivity index (χ0v) is 12.2. The normalized spacial score (nSPS) is 18.9. The topological polar surface area (TPSA) is 97.6 Å². The van der Waals surface area contributed by atoms with Gasteiger partial charge in [0.1, 0.15) is 10.6 Å². The van der Waals surface area contributed by atoms with E-state index in [4.69, 9.17) is 9.84 Å². The average molecular weight is 302 g/mol. The summed E-state index contributed by atoms with van der Waals surface area (Å²) in [5.41, 5.74) is -0.626. The quantitative estimate of drug-likeness (QED) is 0.847. The van der Waals surface area contributed by atoms with Gasteiger partial charge >= 0.3 is 5.97 Å². The third kappa shape index (κ3) is 3.02. The molecule has 0 aliphatic carbocycles. The van der Waals surface area contributed by atoms with E-state index in [0.29, 0.717) is 26.1 Å². The van der Waals surface area contributed by atoms with Crippen molar-refractivity contribution in [3.05, 3.63) is 18.0 Å². The summed E-state index contributed by atoms with van der Waals surface area (Å²) >= 11 is 0. The minimum absolute atomic E-state index is 0.0369. The molecule has 0 aromatic carbocycles. The van der Waals surface area contributed by atoms with Crippen LogP contribution in [0.5, 0.6) is 0 Å². The molecular formula is C12H18N2O5S. The molecule has 1 aromatic rings. The van der Waals surface area contributed by atoms with Crippen LogP contribution in [-0.2, 0) is 21.8 Å². The first-order valence-electron chi connectivity index (χ1n) is 6.25. The van der Waals surface area contributed by atoms with Crippen molar-refractivity contribution in [1.82, 2.24) is 9.29 Å². The van der Waals surface area contributed by atoms with Crippen molar-refractivity contribution in [2.45, 2.75) is 30.2 Å². The highest BCUT2D eigenvalue weighted by Crippen LogP contribution is 2.23. The number of rotatable bonds is 4. The van der Waals surface area contributed by atoms with E-state index in [1.54, 1.807) is 0 Å². The molecule has 0 amide bonds. The van der Waals surface area contributed by atoms with Crippen molar-refractivity contribution in [3.63, 3.8) is 0 Å². The molecule has 1 fully saturated rings. The molecule has 112 valence electrons. The number of aromatic nitrogens is 1. The number of ether oxygens (including phenoxy) is 1. The van der Waals surface area contributed by atoms with Crippen LogP contribution in [0, 0.1) is 0 Å². The van der Waals surface area contributed by atoms with Gasteiger partial charge in [0.2, 0.25) is 10.0 Å². The van der Waals surface area contributed by atoms with Crippen LogP contribution >= 0.6 is 0 Å². The molecule has 0 spiro atoms. The molecule has 1 aliphatic heterocycles. The largest absolute Gasteiger partial charge is 0.477 e. The van der Waals surface area contributed by atoms with Crippen LogP contribution in [-0.4, -0.2) is 42.8 Å². The number of carboxylic acids is 1. The predicted molar refractivity (Wildman–Crippen MR) is 71.2 cm³/mol. The molecule has 0 unspecified atom stereocenters. The van der Waals surface area contributed by atoms with Gasteiger partial charge < -0.3 is 14.4 Å². The summed E-state index contributed by atoms with van der Waals surface area (Å²) in [6.07, 6.45) is 2.48. The van der Waals surface area contributed by atoms with E-state index >= 15 is 0 Å². The van der Waals surface area contributed by atoms with Crippen LogP contribution in [0.2, 0.25) is 0 Å². The SMILES string of the molecule is Cn1cc(S(=O)(=O)NC2(C)CCOCC2)cc1C(=O)O. The van der Waals surface area contributed by atoms with Crippen LogP contribution in [0.15, 0.2) is 17.2 Å². The van der Waals surface area contributed by atoms with Gasteiger partial charge in [0, 0.05) is 32.0 Å². The Balaban J connectivity index is 2.26. The van der Waals surface area contributed by atoms with Gasteiger partial charge in [-0.3, -0.25) is 0 Å². The van der Waals surface area contributed by atoms with Crippen LogP contribution in [0.1, 0.15) is 30.3 Å². The van der Waals surface area contributed by atoms with Gasteiger partial charge in [-0.15, -0.1) is 0 Å². The minimum Gasteiger partial charge on any atom is -0.477 e. The fourth-order valence-electron chi connectivity index (χ4n) is 2.20. The molecule has 2 N–H and O–H groups in total. The summed E-state index contributed by atoms with van der Waals surface area (Å²) in [5.74, 6) is -1.16. The summed E-state index contributed by atoms with van der Waals surface area (Å²) in [6, 6.07) is 1.16. The molecule has 0 atom stereocenters. The Morgan fingerprint density at radius 3 is 2.55 bits per heavy atom. The van der Waals surface area contributed by atoms with Crippen LogP contribution in [0.4, 0.5) is 0 Å². The second-order valence-corrected chi connectivity index (χ2v) is 6.94. The standard InChI is InChI=1S/C12H18N2O5S/c1-12(3-5-19-6-4-12)13-20(17,18)9-7-10(11(15)16)14(2)8-9/h7-8,13H,3-6H2,1-2H3,(H,15,16). The van der Waals surface area contributed by atoms with Gasteiger partial charge in [-0.1, -0.05) is 0 Å². The summed E-state index contributed by atoms with van der Waals surface area (Å²) in [7, 11) is -2.24. The van der Waals surface area contributed by atoms with Gasteiger partial charge in [0.15, 0.2) is 0 Å². The molecule has 20 heavy (non-hydrogen) atoms. The van der Waals surface area contributed by atoms with Crippen LogP contribution < -0.4 is 4.72 Å². The third-order valence-electron chi connectivity index (χ3n) is 3.49. The molecule has 1 aromatic heterocycles. The van der Waals surface area contributed by atoms with Gasteiger partial charge in [-0.2, -0.15) is 0 Å². The highest BCUT2D eigenvalue weighted by molar-refractivity contribution is 7.89. The highest BCUT2D eigenvalue weighted by Gasteiger charge is 2.33. The fourth-order valence-corrected chi connectivity index (χ4v) is 3.74. The molecule has 0 radical (unpaired) electrons. The van der Waals surface area contributed by atoms with Crippen molar-refractivity contribution in [2.75, 3.05) is 13.2 Å². The lowest BCUT2D eigenvalue weighted by atomic mass is 9.94. The first-order chi connectivity index (χ1) is 9.23. The van der Waals surface area contributed by atoms with Crippen molar-refractivity contribution in [3.8, 4) is 0 Å². The van der Waals surface area contributed by atoms with Crippen molar-refractivity contribution in [2.24, 2.45) is 7.05 Å². The zero-order chi connectivity index (χ0) is 15.0. The number of nitrogens with zero attached hydrogens (tertiary/aromatic N) is 1. The number of hydrogen-bond acceptors (Lipinski definition) is 4. The zero-order valence-electron chi connectivity index (χ0n) is 11.4. The Hall–Kier alpha value is -1.38. The average Bonchev–Trinajstić information content (AvgIpc) is 2.72. The second-order valence-electron chi connectivity index (χ2n) is 5.26. The number of hydrogen-bond donors (Lipinski definition) is 2. The molecule has 8 heteroatoms. The van der Waals surface area contributed by atoms with E-state index in [-0.39, 0.29) is 10.6 Å². The molecule has 1 saturated heterocycles. The van der Waals surface area contributed by atoms with Gasteiger partial charge in [-0.05, 0) is 25.8 Å². The minimum atomic E-state index is -3.74. The first kappa shape index (κ1) is 15.0. The van der Waals surface area contributed by atoms with E-state index in [1.807, 2.05) is 6.92 Å². The monoisotopic (exact) mass is 302 g/mol. The Labute approximate surface area is 117 Å². The lowest BCUT2D eigenvalue weighted by molar-refractivity contribution is 0.0537. The number of carboxylic acid groups (broad SMARTS) is 1. The molecular weight excluding hydrogens is 284 g/mol. The molecule has 2 rings (SSSR count). The van der Waals surface area contributed by atoms with Gasteiger partial charge in [0.25, 0.3) is 0 Å². The Bertz CT molecular complexity index is 614. The van der Waals surface area contributed by atoms with Crippen molar-refractivity contribution in [1.29, 1.82) is 0 Å². The van der Waals surface area contributed by atoms with E-state index in [9.17, 15) is 13.2 Å². The molecule has 7 nitrogen and oxygen atoms in total. The number of aromatic carboxylic acids is 1. The maximum absolute atomic E-state index is 12.3. The van der Waals surface area contributed by atoms with E-state index in [2.05, 4.69) is 4.72 Å². The summed E-state index contributed by atoms with van der Waals surface area (Å²) < 4.78 is 33.8. The van der Waals surface area contributed by atoms with Gasteiger partial charge in [0.05, 0.1) is 0 Å². The third-order valence-corrected chi connectivity index (χ3v) is 5.09. The molecule has 2 heterocycles. The second kappa shape index (κ2) is 5.19. The Morgan fingerprint density at radius 2 is 2.05 bits per heavy atom. The van der Waals surface area contributed by atoms with Crippen LogP contribution in [0.25, 0.3) is 0 Å². The number of sulfonamides is 1. The fraction of sp³-hybridized carbons (Fsp3) is 0.583. The number of aryl methyl sites for hydroxylation is 1. The molecule has 0 bridgehead atoms. The van der Waals surface area contributed by atoms with Crippen LogP contribution in [0.3, 0.4) is 0 Å². The Morgan fingerprint density at radius 1 is 1.45 bits per heavy atom.